The number of likely N-dealkylation sites (tertiary alicyclic amines) is 1. The van der Waals surface area contributed by atoms with Crippen LogP contribution in [0.15, 0.2) is 24.3 Å². The van der Waals surface area contributed by atoms with Gasteiger partial charge in [-0.25, -0.2) is 0 Å². The van der Waals surface area contributed by atoms with E-state index in [1.807, 2.05) is 7.05 Å². The lowest BCUT2D eigenvalue weighted by Crippen LogP contribution is -2.49. The quantitative estimate of drug-likeness (QED) is 0.631. The van der Waals surface area contributed by atoms with Crippen molar-refractivity contribution in [1.82, 2.24) is 10.2 Å². The van der Waals surface area contributed by atoms with Gasteiger partial charge in [-0.3, -0.25) is 4.90 Å². The first kappa shape index (κ1) is 17.3. The summed E-state index contributed by atoms with van der Waals surface area (Å²) in [6.07, 6.45) is 6.44. The molecule has 1 aliphatic rings. The van der Waals surface area contributed by atoms with E-state index in [1.54, 1.807) is 0 Å². The van der Waals surface area contributed by atoms with E-state index in [-0.39, 0.29) is 0 Å². The Morgan fingerprint density at radius 3 is 2.50 bits per heavy atom. The standard InChI is InChI=1S/C19H32N2O/c1-3-4-5-6-7-12-22-19-10-8-17(9-11-19)14-21-15-18(16-21)13-20-2/h8-11,18,20H,3-7,12-16H2,1-2H3. The molecule has 1 fully saturated rings. The summed E-state index contributed by atoms with van der Waals surface area (Å²) in [5, 5.41) is 3.25. The van der Waals surface area contributed by atoms with Crippen LogP contribution >= 0.6 is 0 Å². The maximum Gasteiger partial charge on any atom is 0.119 e. The molecule has 0 amide bonds. The van der Waals surface area contributed by atoms with Gasteiger partial charge in [0.1, 0.15) is 5.75 Å². The zero-order valence-electron chi connectivity index (χ0n) is 14.3. The van der Waals surface area contributed by atoms with Crippen LogP contribution in [0.1, 0.15) is 44.6 Å². The van der Waals surface area contributed by atoms with Crippen LogP contribution in [0.5, 0.6) is 5.75 Å². The fourth-order valence-electron chi connectivity index (χ4n) is 3.07. The first-order valence-electron chi connectivity index (χ1n) is 8.90. The molecule has 0 aromatic heterocycles. The van der Waals surface area contributed by atoms with Gasteiger partial charge in [0, 0.05) is 26.2 Å². The van der Waals surface area contributed by atoms with Crippen LogP contribution in [0.25, 0.3) is 0 Å². The number of hydrogen-bond donors (Lipinski definition) is 1. The second-order valence-corrected chi connectivity index (χ2v) is 6.52. The number of hydrogen-bond acceptors (Lipinski definition) is 3. The summed E-state index contributed by atoms with van der Waals surface area (Å²) in [7, 11) is 2.03. The number of nitrogens with one attached hydrogen (secondary N) is 1. The highest BCUT2D eigenvalue weighted by molar-refractivity contribution is 5.27. The van der Waals surface area contributed by atoms with E-state index >= 15 is 0 Å². The predicted octanol–water partition coefficient (Wildman–Crippen LogP) is 3.69. The van der Waals surface area contributed by atoms with Crippen molar-refractivity contribution in [2.75, 3.05) is 33.3 Å². The summed E-state index contributed by atoms with van der Waals surface area (Å²) in [4.78, 5) is 2.51. The van der Waals surface area contributed by atoms with Gasteiger partial charge in [-0.2, -0.15) is 0 Å². The highest BCUT2D eigenvalue weighted by atomic mass is 16.5. The molecule has 1 aromatic carbocycles. The van der Waals surface area contributed by atoms with Crippen molar-refractivity contribution >= 4 is 0 Å². The highest BCUT2D eigenvalue weighted by Gasteiger charge is 2.25. The van der Waals surface area contributed by atoms with E-state index in [0.29, 0.717) is 0 Å². The molecule has 0 saturated carbocycles. The maximum absolute atomic E-state index is 5.81. The second-order valence-electron chi connectivity index (χ2n) is 6.52. The van der Waals surface area contributed by atoms with Crippen molar-refractivity contribution in [2.45, 2.75) is 45.6 Å². The molecular weight excluding hydrogens is 272 g/mol. The molecule has 1 heterocycles. The van der Waals surface area contributed by atoms with Gasteiger partial charge in [-0.15, -0.1) is 0 Å². The van der Waals surface area contributed by atoms with Gasteiger partial charge in [-0.1, -0.05) is 44.7 Å². The molecule has 0 spiro atoms. The second kappa shape index (κ2) is 9.86. The molecule has 1 aliphatic heterocycles. The highest BCUT2D eigenvalue weighted by Crippen LogP contribution is 2.20. The molecule has 0 aliphatic carbocycles. The van der Waals surface area contributed by atoms with E-state index in [4.69, 9.17) is 4.74 Å². The van der Waals surface area contributed by atoms with Crippen molar-refractivity contribution in [3.8, 4) is 5.75 Å². The van der Waals surface area contributed by atoms with Crippen LogP contribution in [-0.4, -0.2) is 38.2 Å². The molecule has 0 unspecified atom stereocenters. The average Bonchev–Trinajstić information content (AvgIpc) is 2.50. The van der Waals surface area contributed by atoms with Crippen LogP contribution in [0, 0.1) is 5.92 Å². The Balaban J connectivity index is 1.59. The summed E-state index contributed by atoms with van der Waals surface area (Å²) < 4.78 is 5.81. The summed E-state index contributed by atoms with van der Waals surface area (Å²) >= 11 is 0. The van der Waals surface area contributed by atoms with Crippen molar-refractivity contribution in [3.05, 3.63) is 29.8 Å². The average molecular weight is 304 g/mol. The Hall–Kier alpha value is -1.06. The summed E-state index contributed by atoms with van der Waals surface area (Å²) in [5.41, 5.74) is 1.39. The number of nitrogens with zero attached hydrogens (tertiary/aromatic N) is 1. The first-order chi connectivity index (χ1) is 10.8. The van der Waals surface area contributed by atoms with E-state index in [9.17, 15) is 0 Å². The zero-order chi connectivity index (χ0) is 15.6. The Labute approximate surface area is 136 Å². The SMILES string of the molecule is CCCCCCCOc1ccc(CN2CC(CNC)C2)cc1. The van der Waals surface area contributed by atoms with E-state index < -0.39 is 0 Å². The number of unbranched alkanes of at least 4 members (excludes halogenated alkanes) is 4. The molecule has 3 nitrogen and oxygen atoms in total. The Bertz CT molecular complexity index is 398. The van der Waals surface area contributed by atoms with E-state index in [0.717, 1.165) is 31.4 Å². The molecule has 3 heteroatoms. The van der Waals surface area contributed by atoms with Crippen LogP contribution in [0.2, 0.25) is 0 Å². The monoisotopic (exact) mass is 304 g/mol. The largest absolute Gasteiger partial charge is 0.494 e. The Morgan fingerprint density at radius 2 is 1.82 bits per heavy atom. The minimum Gasteiger partial charge on any atom is -0.494 e. The Morgan fingerprint density at radius 1 is 1.09 bits per heavy atom. The van der Waals surface area contributed by atoms with Gasteiger partial charge in [-0.05, 0) is 37.1 Å². The fraction of sp³-hybridized carbons (Fsp3) is 0.684. The van der Waals surface area contributed by atoms with Gasteiger partial charge in [0.2, 0.25) is 0 Å². The molecule has 124 valence electrons. The van der Waals surface area contributed by atoms with Crippen LogP contribution in [0.3, 0.4) is 0 Å². The van der Waals surface area contributed by atoms with Crippen LogP contribution < -0.4 is 10.1 Å². The fourth-order valence-corrected chi connectivity index (χ4v) is 3.07. The lowest BCUT2D eigenvalue weighted by molar-refractivity contribution is 0.0932. The molecule has 1 aromatic rings. The zero-order valence-corrected chi connectivity index (χ0v) is 14.3. The van der Waals surface area contributed by atoms with E-state index in [1.165, 1.54) is 50.8 Å². The number of rotatable bonds is 11. The molecule has 0 radical (unpaired) electrons. The number of ether oxygens (including phenoxy) is 1. The smallest absolute Gasteiger partial charge is 0.119 e. The van der Waals surface area contributed by atoms with Gasteiger partial charge in [0.25, 0.3) is 0 Å². The van der Waals surface area contributed by atoms with Crippen molar-refractivity contribution in [1.29, 1.82) is 0 Å². The molecule has 0 bridgehead atoms. The minimum atomic E-state index is 0.834. The third-order valence-electron chi connectivity index (χ3n) is 4.37. The van der Waals surface area contributed by atoms with Crippen molar-refractivity contribution in [2.24, 2.45) is 5.92 Å². The molecule has 1 saturated heterocycles. The van der Waals surface area contributed by atoms with Gasteiger partial charge >= 0.3 is 0 Å². The molecular formula is C19H32N2O. The minimum absolute atomic E-state index is 0.834. The van der Waals surface area contributed by atoms with Crippen molar-refractivity contribution in [3.63, 3.8) is 0 Å². The topological polar surface area (TPSA) is 24.5 Å². The van der Waals surface area contributed by atoms with Crippen LogP contribution in [-0.2, 0) is 6.54 Å². The lowest BCUT2D eigenvalue weighted by atomic mass is 9.99. The molecule has 2 rings (SSSR count). The predicted molar refractivity (Wildman–Crippen MR) is 93.4 cm³/mol. The molecule has 22 heavy (non-hydrogen) atoms. The number of benzene rings is 1. The lowest BCUT2D eigenvalue weighted by Gasteiger charge is -2.39. The summed E-state index contributed by atoms with van der Waals surface area (Å²) in [5.74, 6) is 1.84. The third kappa shape index (κ3) is 5.98. The van der Waals surface area contributed by atoms with E-state index in [2.05, 4.69) is 41.4 Å². The summed E-state index contributed by atoms with van der Waals surface area (Å²) in [6.45, 7) is 7.74. The Kier molecular flexibility index (Phi) is 7.75. The van der Waals surface area contributed by atoms with Crippen molar-refractivity contribution < 1.29 is 4.74 Å². The maximum atomic E-state index is 5.81. The summed E-state index contributed by atoms with van der Waals surface area (Å²) in [6, 6.07) is 8.65. The van der Waals surface area contributed by atoms with Gasteiger partial charge < -0.3 is 10.1 Å². The molecule has 1 N–H and O–H groups in total. The third-order valence-corrected chi connectivity index (χ3v) is 4.37. The van der Waals surface area contributed by atoms with Gasteiger partial charge in [0.15, 0.2) is 0 Å². The normalized spacial score (nSPS) is 15.7. The van der Waals surface area contributed by atoms with Crippen LogP contribution in [0.4, 0.5) is 0 Å². The van der Waals surface area contributed by atoms with Gasteiger partial charge in [0.05, 0.1) is 6.61 Å². The molecule has 0 atom stereocenters. The first-order valence-corrected chi connectivity index (χ1v) is 8.90.